The first-order valence-electron chi connectivity index (χ1n) is 5.26. The van der Waals surface area contributed by atoms with Gasteiger partial charge in [-0.15, -0.1) is 11.6 Å². The fourth-order valence-electron chi connectivity index (χ4n) is 1.47. The van der Waals surface area contributed by atoms with Crippen LogP contribution in [0.1, 0.15) is 11.1 Å². The van der Waals surface area contributed by atoms with Crippen molar-refractivity contribution in [3.63, 3.8) is 0 Å². The van der Waals surface area contributed by atoms with Crippen molar-refractivity contribution in [1.82, 2.24) is 0 Å². The van der Waals surface area contributed by atoms with Gasteiger partial charge in [-0.1, -0.05) is 18.2 Å². The van der Waals surface area contributed by atoms with Crippen LogP contribution in [0.25, 0.3) is 0 Å². The van der Waals surface area contributed by atoms with E-state index in [2.05, 4.69) is 0 Å². The highest BCUT2D eigenvalue weighted by atomic mass is 35.5. The highest BCUT2D eigenvalue weighted by molar-refractivity contribution is 6.17. The molecule has 0 aliphatic rings. The summed E-state index contributed by atoms with van der Waals surface area (Å²) in [6.07, 6.45) is 0. The second-order valence-corrected chi connectivity index (χ2v) is 3.87. The van der Waals surface area contributed by atoms with Crippen molar-refractivity contribution < 1.29 is 9.13 Å². The van der Waals surface area contributed by atoms with Crippen LogP contribution < -0.4 is 4.74 Å². The molecule has 18 heavy (non-hydrogen) atoms. The third kappa shape index (κ3) is 2.61. The maximum absolute atomic E-state index is 13.4. The predicted octanol–water partition coefficient (Wildman–Crippen LogP) is 4.23. The van der Waals surface area contributed by atoms with E-state index in [1.807, 2.05) is 12.1 Å². The van der Waals surface area contributed by atoms with E-state index in [-0.39, 0.29) is 11.3 Å². The second-order valence-electron chi connectivity index (χ2n) is 3.60. The number of ether oxygens (including phenoxy) is 1. The first-order chi connectivity index (χ1) is 8.74. The maximum Gasteiger partial charge on any atom is 0.148 e. The number of hydrogen-bond acceptors (Lipinski definition) is 2. The topological polar surface area (TPSA) is 33.0 Å². The molecule has 0 amide bonds. The molecule has 0 radical (unpaired) electrons. The van der Waals surface area contributed by atoms with Crippen LogP contribution in [0.3, 0.4) is 0 Å². The van der Waals surface area contributed by atoms with Gasteiger partial charge in [0, 0.05) is 5.88 Å². The molecule has 2 rings (SSSR count). The Hall–Kier alpha value is -2.05. The molecular weight excluding hydrogens is 253 g/mol. The van der Waals surface area contributed by atoms with Crippen LogP contribution in [0.4, 0.5) is 4.39 Å². The molecule has 0 aliphatic carbocycles. The highest BCUT2D eigenvalue weighted by Gasteiger charge is 2.09. The van der Waals surface area contributed by atoms with Crippen LogP contribution in [-0.4, -0.2) is 0 Å². The largest absolute Gasteiger partial charge is 0.456 e. The third-order valence-corrected chi connectivity index (χ3v) is 2.70. The van der Waals surface area contributed by atoms with Gasteiger partial charge in [-0.05, 0) is 29.8 Å². The SMILES string of the molecule is N#Cc1c(F)cccc1Oc1ccc(CCl)cc1. The zero-order valence-corrected chi connectivity index (χ0v) is 10.1. The molecule has 0 aliphatic heterocycles. The van der Waals surface area contributed by atoms with E-state index < -0.39 is 5.82 Å². The molecular formula is C14H9ClFNO. The molecule has 0 saturated heterocycles. The summed E-state index contributed by atoms with van der Waals surface area (Å²) >= 11 is 5.67. The maximum atomic E-state index is 13.4. The lowest BCUT2D eigenvalue weighted by Gasteiger charge is -2.08. The van der Waals surface area contributed by atoms with Gasteiger partial charge in [0.05, 0.1) is 0 Å². The number of benzene rings is 2. The summed E-state index contributed by atoms with van der Waals surface area (Å²) in [6, 6.07) is 13.1. The minimum absolute atomic E-state index is 0.0982. The Morgan fingerprint density at radius 3 is 2.50 bits per heavy atom. The third-order valence-electron chi connectivity index (χ3n) is 2.39. The fraction of sp³-hybridized carbons (Fsp3) is 0.0714. The second kappa shape index (κ2) is 5.52. The van der Waals surface area contributed by atoms with Crippen molar-refractivity contribution in [1.29, 1.82) is 5.26 Å². The standard InChI is InChI=1S/C14H9ClFNO/c15-8-10-4-6-11(7-5-10)18-14-3-1-2-13(16)12(14)9-17/h1-7H,8H2. The van der Waals surface area contributed by atoms with Crippen molar-refractivity contribution in [2.75, 3.05) is 0 Å². The summed E-state index contributed by atoms with van der Waals surface area (Å²) in [5, 5.41) is 8.87. The zero-order chi connectivity index (χ0) is 13.0. The van der Waals surface area contributed by atoms with E-state index in [0.29, 0.717) is 11.6 Å². The molecule has 0 saturated carbocycles. The van der Waals surface area contributed by atoms with Crippen LogP contribution >= 0.6 is 11.6 Å². The van der Waals surface area contributed by atoms with Gasteiger partial charge in [0.15, 0.2) is 0 Å². The molecule has 0 aromatic heterocycles. The van der Waals surface area contributed by atoms with E-state index >= 15 is 0 Å². The number of hydrogen-bond donors (Lipinski definition) is 0. The smallest absolute Gasteiger partial charge is 0.148 e. The number of alkyl halides is 1. The van der Waals surface area contributed by atoms with Crippen molar-refractivity contribution in [3.05, 3.63) is 59.4 Å². The van der Waals surface area contributed by atoms with E-state index in [0.717, 1.165) is 5.56 Å². The first-order valence-corrected chi connectivity index (χ1v) is 5.79. The van der Waals surface area contributed by atoms with Gasteiger partial charge in [-0.3, -0.25) is 0 Å². The first kappa shape index (κ1) is 12.4. The molecule has 90 valence electrons. The highest BCUT2D eigenvalue weighted by Crippen LogP contribution is 2.26. The lowest BCUT2D eigenvalue weighted by molar-refractivity contribution is 0.474. The lowest BCUT2D eigenvalue weighted by atomic mass is 10.2. The van der Waals surface area contributed by atoms with Crippen LogP contribution in [0, 0.1) is 17.1 Å². The van der Waals surface area contributed by atoms with Gasteiger partial charge >= 0.3 is 0 Å². The van der Waals surface area contributed by atoms with Crippen molar-refractivity contribution in [3.8, 4) is 17.6 Å². The van der Waals surface area contributed by atoms with E-state index in [1.165, 1.54) is 12.1 Å². The van der Waals surface area contributed by atoms with Gasteiger partial charge in [-0.25, -0.2) is 4.39 Å². The van der Waals surface area contributed by atoms with Crippen molar-refractivity contribution >= 4 is 11.6 Å². The average Bonchev–Trinajstić information content (AvgIpc) is 2.40. The molecule has 0 N–H and O–H groups in total. The number of nitrogens with zero attached hydrogens (tertiary/aromatic N) is 1. The molecule has 0 atom stereocenters. The minimum atomic E-state index is -0.590. The Bertz CT molecular complexity index is 590. The van der Waals surface area contributed by atoms with Crippen molar-refractivity contribution in [2.24, 2.45) is 0 Å². The average molecular weight is 262 g/mol. The van der Waals surface area contributed by atoms with Gasteiger partial charge in [-0.2, -0.15) is 5.26 Å². The lowest BCUT2D eigenvalue weighted by Crippen LogP contribution is -1.91. The number of nitriles is 1. The van der Waals surface area contributed by atoms with Crippen LogP contribution in [0.15, 0.2) is 42.5 Å². The van der Waals surface area contributed by atoms with Crippen molar-refractivity contribution in [2.45, 2.75) is 5.88 Å². The summed E-state index contributed by atoms with van der Waals surface area (Å²) in [5.74, 6) is 0.568. The Morgan fingerprint density at radius 2 is 1.89 bits per heavy atom. The molecule has 2 nitrogen and oxygen atoms in total. The Labute approximate surface area is 109 Å². The molecule has 2 aromatic rings. The van der Waals surface area contributed by atoms with Crippen LogP contribution in [-0.2, 0) is 5.88 Å². The minimum Gasteiger partial charge on any atom is -0.456 e. The zero-order valence-electron chi connectivity index (χ0n) is 9.36. The normalized spacial score (nSPS) is 9.83. The van der Waals surface area contributed by atoms with Gasteiger partial charge in [0.1, 0.15) is 28.9 Å². The summed E-state index contributed by atoms with van der Waals surface area (Å²) in [5.41, 5.74) is 0.864. The monoisotopic (exact) mass is 261 g/mol. The van der Waals surface area contributed by atoms with E-state index in [1.54, 1.807) is 24.3 Å². The van der Waals surface area contributed by atoms with Gasteiger partial charge in [0.25, 0.3) is 0 Å². The summed E-state index contributed by atoms with van der Waals surface area (Å²) in [4.78, 5) is 0. The Morgan fingerprint density at radius 1 is 1.17 bits per heavy atom. The molecule has 2 aromatic carbocycles. The number of halogens is 2. The fourth-order valence-corrected chi connectivity index (χ4v) is 1.65. The Balaban J connectivity index is 2.28. The molecule has 0 bridgehead atoms. The van der Waals surface area contributed by atoms with Gasteiger partial charge in [0.2, 0.25) is 0 Å². The Kier molecular flexibility index (Phi) is 3.81. The summed E-state index contributed by atoms with van der Waals surface area (Å²) < 4.78 is 18.8. The molecule has 0 unspecified atom stereocenters. The summed E-state index contributed by atoms with van der Waals surface area (Å²) in [6.45, 7) is 0. The molecule has 0 spiro atoms. The molecule has 4 heteroatoms. The predicted molar refractivity (Wildman–Crippen MR) is 67.2 cm³/mol. The number of rotatable bonds is 3. The van der Waals surface area contributed by atoms with Gasteiger partial charge < -0.3 is 4.74 Å². The van der Waals surface area contributed by atoms with Crippen LogP contribution in [0.5, 0.6) is 11.5 Å². The van der Waals surface area contributed by atoms with E-state index in [9.17, 15) is 4.39 Å². The van der Waals surface area contributed by atoms with E-state index in [4.69, 9.17) is 21.6 Å². The molecule has 0 fully saturated rings. The quantitative estimate of drug-likeness (QED) is 0.775. The molecule has 0 heterocycles. The summed E-state index contributed by atoms with van der Waals surface area (Å²) in [7, 11) is 0. The van der Waals surface area contributed by atoms with Crippen LogP contribution in [0.2, 0.25) is 0 Å².